The third-order valence-corrected chi connectivity index (χ3v) is 6.80. The predicted octanol–water partition coefficient (Wildman–Crippen LogP) is 6.20. The second kappa shape index (κ2) is 11.1. The first-order valence-corrected chi connectivity index (χ1v) is 12.6. The molecule has 1 N–H and O–H groups in total. The Hall–Kier alpha value is -1.76. The van der Waals surface area contributed by atoms with Gasteiger partial charge in [0, 0.05) is 15.6 Å². The number of benzene rings is 3. The molecular formula is C23H16Cl2I2N2O4. The van der Waals surface area contributed by atoms with E-state index in [2.05, 4.69) is 55.7 Å². The first-order valence-electron chi connectivity index (χ1n) is 9.65. The van der Waals surface area contributed by atoms with Gasteiger partial charge in [-0.15, -0.1) is 0 Å². The summed E-state index contributed by atoms with van der Waals surface area (Å²) in [7, 11) is 0. The fourth-order valence-electron chi connectivity index (χ4n) is 3.04. The number of hydrogen-bond donors (Lipinski definition) is 1. The number of halogens is 4. The van der Waals surface area contributed by atoms with Crippen LogP contribution in [0.2, 0.25) is 10.0 Å². The van der Waals surface area contributed by atoms with Crippen LogP contribution in [0.15, 0.2) is 53.6 Å². The zero-order valence-electron chi connectivity index (χ0n) is 16.9. The van der Waals surface area contributed by atoms with Crippen LogP contribution in [-0.2, 0) is 17.8 Å². The molecule has 1 heterocycles. The van der Waals surface area contributed by atoms with Gasteiger partial charge in [-0.1, -0.05) is 35.3 Å². The molecular weight excluding hydrogens is 693 g/mol. The molecule has 4 rings (SSSR count). The summed E-state index contributed by atoms with van der Waals surface area (Å²) in [4.78, 5) is 12.2. The van der Waals surface area contributed by atoms with Crippen molar-refractivity contribution in [1.29, 1.82) is 0 Å². The third kappa shape index (κ3) is 6.43. The highest BCUT2D eigenvalue weighted by molar-refractivity contribution is 14.1. The summed E-state index contributed by atoms with van der Waals surface area (Å²) in [6.45, 7) is 0.525. The van der Waals surface area contributed by atoms with E-state index < -0.39 is 0 Å². The van der Waals surface area contributed by atoms with Crippen LogP contribution in [0, 0.1) is 7.14 Å². The Labute approximate surface area is 227 Å². The average Bonchev–Trinajstić information content (AvgIpc) is 3.22. The largest absolute Gasteiger partial charge is 0.487 e. The molecule has 1 aliphatic rings. The summed E-state index contributed by atoms with van der Waals surface area (Å²) in [5.41, 5.74) is 5.06. The number of carbonyl (C=O) groups excluding carboxylic acids is 1. The van der Waals surface area contributed by atoms with E-state index in [4.69, 9.17) is 37.4 Å². The lowest BCUT2D eigenvalue weighted by atomic mass is 10.1. The van der Waals surface area contributed by atoms with Crippen molar-refractivity contribution in [3.05, 3.63) is 82.4 Å². The van der Waals surface area contributed by atoms with Gasteiger partial charge in [0.25, 0.3) is 0 Å². The molecule has 0 spiro atoms. The smallest absolute Gasteiger partial charge is 0.244 e. The zero-order chi connectivity index (χ0) is 23.4. The van der Waals surface area contributed by atoms with Crippen molar-refractivity contribution >= 4 is 80.5 Å². The predicted molar refractivity (Wildman–Crippen MR) is 145 cm³/mol. The Bertz CT molecular complexity index is 1210. The second-order valence-electron chi connectivity index (χ2n) is 7.00. The molecule has 10 heteroatoms. The van der Waals surface area contributed by atoms with E-state index in [1.807, 2.05) is 24.3 Å². The topological polar surface area (TPSA) is 69.2 Å². The molecule has 0 atom stereocenters. The summed E-state index contributed by atoms with van der Waals surface area (Å²) in [6.07, 6.45) is 1.78. The van der Waals surface area contributed by atoms with Crippen molar-refractivity contribution in [1.82, 2.24) is 5.43 Å². The van der Waals surface area contributed by atoms with Gasteiger partial charge < -0.3 is 14.2 Å². The quantitative estimate of drug-likeness (QED) is 0.180. The fourth-order valence-corrected chi connectivity index (χ4v) is 5.63. The van der Waals surface area contributed by atoms with Crippen LogP contribution in [0.25, 0.3) is 0 Å². The number of carbonyl (C=O) groups is 1. The van der Waals surface area contributed by atoms with Crippen molar-refractivity contribution in [3.63, 3.8) is 0 Å². The van der Waals surface area contributed by atoms with E-state index in [0.29, 0.717) is 28.2 Å². The van der Waals surface area contributed by atoms with E-state index in [1.54, 1.807) is 30.5 Å². The van der Waals surface area contributed by atoms with E-state index in [1.165, 1.54) is 0 Å². The van der Waals surface area contributed by atoms with Crippen molar-refractivity contribution < 1.29 is 19.0 Å². The summed E-state index contributed by atoms with van der Waals surface area (Å²) < 4.78 is 18.4. The van der Waals surface area contributed by atoms with Crippen LogP contribution in [0.1, 0.15) is 16.7 Å². The molecule has 1 aliphatic heterocycles. The Morgan fingerprint density at radius 3 is 2.58 bits per heavy atom. The molecule has 0 saturated heterocycles. The number of nitrogens with one attached hydrogen (secondary N) is 1. The molecule has 3 aromatic rings. The monoisotopic (exact) mass is 708 g/mol. The van der Waals surface area contributed by atoms with Gasteiger partial charge in [-0.2, -0.15) is 5.10 Å². The molecule has 0 fully saturated rings. The minimum atomic E-state index is -0.227. The number of ether oxygens (including phenoxy) is 3. The Morgan fingerprint density at radius 2 is 1.82 bits per heavy atom. The maximum absolute atomic E-state index is 12.2. The average molecular weight is 709 g/mol. The van der Waals surface area contributed by atoms with E-state index in [-0.39, 0.29) is 19.1 Å². The summed E-state index contributed by atoms with van der Waals surface area (Å²) in [5, 5.41) is 5.22. The maximum Gasteiger partial charge on any atom is 0.244 e. The molecule has 0 radical (unpaired) electrons. The van der Waals surface area contributed by atoms with Crippen LogP contribution in [0.5, 0.6) is 17.2 Å². The number of hydrogen-bond acceptors (Lipinski definition) is 5. The van der Waals surface area contributed by atoms with Gasteiger partial charge in [0.1, 0.15) is 12.4 Å². The number of amides is 1. The molecule has 0 aromatic heterocycles. The summed E-state index contributed by atoms with van der Waals surface area (Å²) in [5.74, 6) is 1.86. The van der Waals surface area contributed by atoms with Crippen molar-refractivity contribution in [2.75, 3.05) is 6.79 Å². The normalized spacial score (nSPS) is 12.2. The van der Waals surface area contributed by atoms with E-state index >= 15 is 0 Å². The molecule has 170 valence electrons. The molecule has 0 bridgehead atoms. The number of rotatable bonds is 7. The van der Waals surface area contributed by atoms with E-state index in [0.717, 1.165) is 29.6 Å². The van der Waals surface area contributed by atoms with Gasteiger partial charge >= 0.3 is 0 Å². The summed E-state index contributed by atoms with van der Waals surface area (Å²) in [6, 6.07) is 14.6. The highest BCUT2D eigenvalue weighted by atomic mass is 127. The second-order valence-corrected chi connectivity index (χ2v) is 10.2. The highest BCUT2D eigenvalue weighted by Crippen LogP contribution is 2.33. The lowest BCUT2D eigenvalue weighted by molar-refractivity contribution is -0.120. The van der Waals surface area contributed by atoms with E-state index in [9.17, 15) is 4.79 Å². The third-order valence-electron chi connectivity index (χ3n) is 4.61. The van der Waals surface area contributed by atoms with Gasteiger partial charge in [0.05, 0.1) is 19.8 Å². The van der Waals surface area contributed by atoms with Gasteiger partial charge in [-0.3, -0.25) is 4.79 Å². The summed E-state index contributed by atoms with van der Waals surface area (Å²) >= 11 is 16.6. The molecule has 1 amide bonds. The lowest BCUT2D eigenvalue weighted by Gasteiger charge is -2.12. The lowest BCUT2D eigenvalue weighted by Crippen LogP contribution is -2.19. The number of nitrogens with zero attached hydrogens (tertiary/aromatic N) is 1. The van der Waals surface area contributed by atoms with Crippen LogP contribution >= 0.6 is 68.4 Å². The first-order chi connectivity index (χ1) is 15.9. The van der Waals surface area contributed by atoms with Crippen molar-refractivity contribution in [2.24, 2.45) is 5.10 Å². The first kappa shape index (κ1) is 24.4. The minimum absolute atomic E-state index is 0.184. The molecule has 6 nitrogen and oxygen atoms in total. The zero-order valence-corrected chi connectivity index (χ0v) is 22.7. The van der Waals surface area contributed by atoms with Gasteiger partial charge in [-0.25, -0.2) is 5.43 Å². The number of fused-ring (bicyclic) bond motifs is 1. The Kier molecular flexibility index (Phi) is 8.20. The van der Waals surface area contributed by atoms with Gasteiger partial charge in [-0.05, 0) is 92.7 Å². The van der Waals surface area contributed by atoms with Crippen LogP contribution in [0.4, 0.5) is 0 Å². The Morgan fingerprint density at radius 1 is 1.06 bits per heavy atom. The van der Waals surface area contributed by atoms with Crippen LogP contribution in [0.3, 0.4) is 0 Å². The highest BCUT2D eigenvalue weighted by Gasteiger charge is 2.14. The molecule has 0 unspecified atom stereocenters. The minimum Gasteiger partial charge on any atom is -0.487 e. The molecule has 0 aliphatic carbocycles. The van der Waals surface area contributed by atoms with Crippen LogP contribution in [-0.4, -0.2) is 18.9 Å². The van der Waals surface area contributed by atoms with Crippen molar-refractivity contribution in [3.8, 4) is 17.2 Å². The molecule has 3 aromatic carbocycles. The standard InChI is InChI=1S/C23H16Cl2I2N2O4/c24-16-3-2-15(17(25)9-16)11-31-23-18(26)5-14(6-19(23)27)10-28-29-22(30)8-13-1-4-20-21(7-13)33-12-32-20/h1-7,9-10H,8,11-12H2,(H,29,30)/b28-10-. The van der Waals surface area contributed by atoms with Gasteiger partial charge in [0.2, 0.25) is 12.7 Å². The van der Waals surface area contributed by atoms with Crippen molar-refractivity contribution in [2.45, 2.75) is 13.0 Å². The SMILES string of the molecule is O=C(Cc1ccc2c(c1)OCO2)N/N=C\c1cc(I)c(OCc2ccc(Cl)cc2Cl)c(I)c1. The fraction of sp³-hybridized carbons (Fsp3) is 0.130. The van der Waals surface area contributed by atoms with Gasteiger partial charge in [0.15, 0.2) is 11.5 Å². The molecule has 33 heavy (non-hydrogen) atoms. The maximum atomic E-state index is 12.2. The number of hydrazone groups is 1. The Balaban J connectivity index is 1.34. The van der Waals surface area contributed by atoms with Crippen LogP contribution < -0.4 is 19.6 Å². The molecule has 0 saturated carbocycles.